The molecule has 1 atom stereocenters. The zero-order valence-electron chi connectivity index (χ0n) is 7.25. The van der Waals surface area contributed by atoms with E-state index < -0.39 is 0 Å². The minimum absolute atomic E-state index is 0.255. The quantitative estimate of drug-likeness (QED) is 0.638. The third-order valence-electron chi connectivity index (χ3n) is 2.69. The second-order valence-electron chi connectivity index (χ2n) is 3.61. The number of benzene rings is 1. The van der Waals surface area contributed by atoms with Crippen LogP contribution in [0.15, 0.2) is 12.1 Å². The zero-order valence-corrected chi connectivity index (χ0v) is 7.25. The summed E-state index contributed by atoms with van der Waals surface area (Å²) in [7, 11) is 0. The summed E-state index contributed by atoms with van der Waals surface area (Å²) in [6.45, 7) is 0.348. The number of ether oxygens (including phenoxy) is 2. The largest absolute Gasteiger partial charge is 0.454 e. The van der Waals surface area contributed by atoms with E-state index in [-0.39, 0.29) is 6.04 Å². The fourth-order valence-corrected chi connectivity index (χ4v) is 2.10. The van der Waals surface area contributed by atoms with Gasteiger partial charge in [0.05, 0.1) is 0 Å². The molecule has 3 heteroatoms. The first kappa shape index (κ1) is 7.21. The molecule has 1 aromatic rings. The van der Waals surface area contributed by atoms with Crippen molar-refractivity contribution in [3.63, 3.8) is 0 Å². The number of rotatable bonds is 0. The van der Waals surface area contributed by atoms with Crippen LogP contribution in [0.2, 0.25) is 0 Å². The van der Waals surface area contributed by atoms with Crippen LogP contribution in [0.3, 0.4) is 0 Å². The molecule has 2 aliphatic rings. The summed E-state index contributed by atoms with van der Waals surface area (Å²) in [5.74, 6) is 1.79. The Morgan fingerprint density at radius 1 is 1.23 bits per heavy atom. The molecule has 0 bridgehead atoms. The molecule has 0 amide bonds. The molecule has 1 aliphatic heterocycles. The van der Waals surface area contributed by atoms with Crippen molar-refractivity contribution in [1.82, 2.24) is 0 Å². The first-order valence-electron chi connectivity index (χ1n) is 4.50. The second-order valence-corrected chi connectivity index (χ2v) is 3.61. The third-order valence-corrected chi connectivity index (χ3v) is 2.69. The van der Waals surface area contributed by atoms with Crippen LogP contribution in [-0.2, 0) is 12.8 Å². The summed E-state index contributed by atoms with van der Waals surface area (Å²) in [6.07, 6.45) is 1.88. The van der Waals surface area contributed by atoms with Gasteiger partial charge in [-0.2, -0.15) is 0 Å². The van der Waals surface area contributed by atoms with Crippen molar-refractivity contribution in [2.24, 2.45) is 5.73 Å². The minimum Gasteiger partial charge on any atom is -0.454 e. The molecule has 0 spiro atoms. The van der Waals surface area contributed by atoms with Gasteiger partial charge < -0.3 is 15.2 Å². The second kappa shape index (κ2) is 2.39. The highest BCUT2D eigenvalue weighted by Crippen LogP contribution is 2.40. The van der Waals surface area contributed by atoms with E-state index in [4.69, 9.17) is 15.2 Å². The van der Waals surface area contributed by atoms with E-state index in [1.54, 1.807) is 0 Å². The van der Waals surface area contributed by atoms with E-state index in [1.807, 2.05) is 6.07 Å². The van der Waals surface area contributed by atoms with E-state index in [1.165, 1.54) is 11.1 Å². The van der Waals surface area contributed by atoms with Crippen LogP contribution in [0.5, 0.6) is 11.5 Å². The standard InChI is InChI=1S/C10H11NO2/c11-7-3-6-1-2-9-10(8(6)4-7)13-5-12-9/h1-2,7H,3-5,11H2/t7-/m1/s1. The van der Waals surface area contributed by atoms with E-state index in [0.717, 1.165) is 24.3 Å². The van der Waals surface area contributed by atoms with Crippen molar-refractivity contribution in [2.75, 3.05) is 6.79 Å². The Labute approximate surface area is 76.4 Å². The molecule has 1 aromatic carbocycles. The molecule has 0 unspecified atom stereocenters. The Bertz CT molecular complexity index is 362. The van der Waals surface area contributed by atoms with Crippen molar-refractivity contribution in [3.8, 4) is 11.5 Å². The molecule has 2 N–H and O–H groups in total. The highest BCUT2D eigenvalue weighted by Gasteiger charge is 2.26. The van der Waals surface area contributed by atoms with Gasteiger partial charge in [-0.15, -0.1) is 0 Å². The highest BCUT2D eigenvalue weighted by molar-refractivity contribution is 5.54. The van der Waals surface area contributed by atoms with E-state index in [9.17, 15) is 0 Å². The molecule has 13 heavy (non-hydrogen) atoms. The van der Waals surface area contributed by atoms with E-state index in [0.29, 0.717) is 6.79 Å². The van der Waals surface area contributed by atoms with Crippen molar-refractivity contribution < 1.29 is 9.47 Å². The monoisotopic (exact) mass is 177 g/mol. The van der Waals surface area contributed by atoms with Crippen LogP contribution in [0.1, 0.15) is 11.1 Å². The Kier molecular flexibility index (Phi) is 1.32. The van der Waals surface area contributed by atoms with Gasteiger partial charge in [0.2, 0.25) is 6.79 Å². The summed E-state index contributed by atoms with van der Waals surface area (Å²) in [6, 6.07) is 4.32. The molecule has 3 rings (SSSR count). The number of nitrogens with two attached hydrogens (primary N) is 1. The fourth-order valence-electron chi connectivity index (χ4n) is 2.10. The lowest BCUT2D eigenvalue weighted by Crippen LogP contribution is -2.19. The molecule has 0 aromatic heterocycles. The summed E-state index contributed by atoms with van der Waals surface area (Å²) in [5, 5.41) is 0. The van der Waals surface area contributed by atoms with Gasteiger partial charge in [-0.3, -0.25) is 0 Å². The molecule has 1 heterocycles. The summed E-state index contributed by atoms with van der Waals surface area (Å²) < 4.78 is 10.7. The molecule has 68 valence electrons. The predicted molar refractivity (Wildman–Crippen MR) is 47.9 cm³/mol. The maximum Gasteiger partial charge on any atom is 0.231 e. The van der Waals surface area contributed by atoms with Gasteiger partial charge in [-0.1, -0.05) is 6.07 Å². The van der Waals surface area contributed by atoms with E-state index in [2.05, 4.69) is 6.07 Å². The molecule has 1 aliphatic carbocycles. The Morgan fingerprint density at radius 2 is 2.15 bits per heavy atom. The van der Waals surface area contributed by atoms with E-state index >= 15 is 0 Å². The lowest BCUT2D eigenvalue weighted by Gasteiger charge is -2.02. The Balaban J connectivity index is 2.16. The van der Waals surface area contributed by atoms with Gasteiger partial charge in [0.15, 0.2) is 11.5 Å². The van der Waals surface area contributed by atoms with Crippen molar-refractivity contribution in [3.05, 3.63) is 23.3 Å². The zero-order chi connectivity index (χ0) is 8.84. The van der Waals surface area contributed by atoms with Gasteiger partial charge >= 0.3 is 0 Å². The Hall–Kier alpha value is -1.22. The van der Waals surface area contributed by atoms with Gasteiger partial charge in [0.25, 0.3) is 0 Å². The Morgan fingerprint density at radius 3 is 3.08 bits per heavy atom. The average molecular weight is 177 g/mol. The van der Waals surface area contributed by atoms with Crippen LogP contribution in [0, 0.1) is 0 Å². The summed E-state index contributed by atoms with van der Waals surface area (Å²) in [4.78, 5) is 0. The fraction of sp³-hybridized carbons (Fsp3) is 0.400. The highest BCUT2D eigenvalue weighted by atomic mass is 16.7. The third kappa shape index (κ3) is 0.937. The molecule has 0 saturated heterocycles. The minimum atomic E-state index is 0.255. The van der Waals surface area contributed by atoms with Crippen molar-refractivity contribution in [1.29, 1.82) is 0 Å². The molecular formula is C10H11NO2. The topological polar surface area (TPSA) is 44.5 Å². The van der Waals surface area contributed by atoms with Gasteiger partial charge in [-0.05, 0) is 24.5 Å². The maximum atomic E-state index is 5.88. The van der Waals surface area contributed by atoms with Crippen molar-refractivity contribution in [2.45, 2.75) is 18.9 Å². The molecule has 3 nitrogen and oxygen atoms in total. The first-order chi connectivity index (χ1) is 6.34. The van der Waals surface area contributed by atoms with Gasteiger partial charge in [-0.25, -0.2) is 0 Å². The lowest BCUT2D eigenvalue weighted by molar-refractivity contribution is 0.173. The number of fused-ring (bicyclic) bond motifs is 3. The van der Waals surface area contributed by atoms with Crippen LogP contribution < -0.4 is 15.2 Å². The van der Waals surface area contributed by atoms with Crippen molar-refractivity contribution >= 4 is 0 Å². The number of hydrogen-bond acceptors (Lipinski definition) is 3. The summed E-state index contributed by atoms with van der Waals surface area (Å²) >= 11 is 0. The first-order valence-corrected chi connectivity index (χ1v) is 4.50. The molecule has 0 saturated carbocycles. The number of hydrogen-bond donors (Lipinski definition) is 1. The SMILES string of the molecule is N[C@@H]1Cc2ccc3c(c2C1)OCO3. The average Bonchev–Trinajstić information content (AvgIpc) is 2.65. The maximum absolute atomic E-state index is 5.88. The smallest absolute Gasteiger partial charge is 0.231 e. The van der Waals surface area contributed by atoms with Crippen LogP contribution in [0.25, 0.3) is 0 Å². The van der Waals surface area contributed by atoms with Gasteiger partial charge in [0, 0.05) is 11.6 Å². The van der Waals surface area contributed by atoms with Crippen LogP contribution in [-0.4, -0.2) is 12.8 Å². The predicted octanol–water partition coefficient (Wildman–Crippen LogP) is 0.841. The molecule has 0 fully saturated rings. The van der Waals surface area contributed by atoms with Crippen LogP contribution in [0.4, 0.5) is 0 Å². The summed E-state index contributed by atoms with van der Waals surface area (Å²) in [5.41, 5.74) is 8.45. The van der Waals surface area contributed by atoms with Crippen LogP contribution >= 0.6 is 0 Å². The lowest BCUT2D eigenvalue weighted by atomic mass is 10.1. The normalized spacial score (nSPS) is 23.3. The molecular weight excluding hydrogens is 166 g/mol. The molecule has 0 radical (unpaired) electrons. The van der Waals surface area contributed by atoms with Gasteiger partial charge in [0.1, 0.15) is 0 Å².